The molecule has 1 saturated heterocycles. The number of carbonyl (C=O) groups excluding carboxylic acids is 1. The molecule has 0 spiro atoms. The quantitative estimate of drug-likeness (QED) is 0.699. The monoisotopic (exact) mass is 404 g/mol. The Morgan fingerprint density at radius 3 is 2.66 bits per heavy atom. The number of piperidine rings is 1. The summed E-state index contributed by atoms with van der Waals surface area (Å²) in [4.78, 5) is 24.0. The van der Waals surface area contributed by atoms with E-state index in [-0.39, 0.29) is 30.8 Å². The number of anilines is 2. The Bertz CT molecular complexity index is 971. The normalized spacial score (nSPS) is 21.4. The highest BCUT2D eigenvalue weighted by atomic mass is 19.1. The summed E-state index contributed by atoms with van der Waals surface area (Å²) in [6.45, 7) is -0.423. The second kappa shape index (κ2) is 7.75. The predicted molar refractivity (Wildman–Crippen MR) is 97.7 cm³/mol. The second-order valence-electron chi connectivity index (χ2n) is 6.72. The molecule has 1 aliphatic heterocycles. The molecular weight excluding hydrogens is 386 g/mol. The van der Waals surface area contributed by atoms with E-state index >= 15 is 4.39 Å². The SMILES string of the molecule is N#CC[C@]1(n2cc(C(N)=O)c(Nc3ccc(F)cc3)n2)CCN(C(=O)O)C[C@H]1F. The number of hydrogen-bond acceptors (Lipinski definition) is 5. The molecule has 11 heteroatoms. The third-order valence-corrected chi connectivity index (χ3v) is 4.98. The van der Waals surface area contributed by atoms with E-state index in [0.717, 1.165) is 4.90 Å². The fourth-order valence-corrected chi connectivity index (χ4v) is 3.33. The number of aromatic nitrogens is 2. The summed E-state index contributed by atoms with van der Waals surface area (Å²) in [6.07, 6.45) is -2.03. The fraction of sp³-hybridized carbons (Fsp3) is 0.333. The van der Waals surface area contributed by atoms with Gasteiger partial charge in [0.1, 0.15) is 23.1 Å². The molecule has 9 nitrogen and oxygen atoms in total. The van der Waals surface area contributed by atoms with Crippen molar-refractivity contribution in [1.29, 1.82) is 5.26 Å². The van der Waals surface area contributed by atoms with Crippen LogP contribution in [0.15, 0.2) is 30.5 Å². The molecule has 1 aromatic heterocycles. The number of nitrogens with two attached hydrogens (primary N) is 1. The number of likely N-dealkylation sites (tertiary alicyclic amines) is 1. The zero-order chi connectivity index (χ0) is 21.2. The van der Waals surface area contributed by atoms with Crippen LogP contribution in [0.3, 0.4) is 0 Å². The molecule has 2 aromatic rings. The Hall–Kier alpha value is -3.68. The molecule has 3 rings (SSSR count). The smallest absolute Gasteiger partial charge is 0.407 e. The van der Waals surface area contributed by atoms with Crippen molar-refractivity contribution in [2.24, 2.45) is 5.73 Å². The summed E-state index contributed by atoms with van der Waals surface area (Å²) in [5, 5.41) is 25.4. The van der Waals surface area contributed by atoms with Crippen LogP contribution in [-0.4, -0.2) is 51.0 Å². The third-order valence-electron chi connectivity index (χ3n) is 4.98. The van der Waals surface area contributed by atoms with E-state index in [4.69, 9.17) is 10.8 Å². The van der Waals surface area contributed by atoms with Crippen molar-refractivity contribution in [2.45, 2.75) is 24.6 Å². The molecule has 29 heavy (non-hydrogen) atoms. The molecule has 1 aromatic carbocycles. The number of carboxylic acid groups (broad SMARTS) is 1. The average Bonchev–Trinajstić information content (AvgIpc) is 3.10. The number of nitrogens with one attached hydrogen (secondary N) is 1. The summed E-state index contributed by atoms with van der Waals surface area (Å²) in [7, 11) is 0. The highest BCUT2D eigenvalue weighted by Gasteiger charge is 2.47. The molecule has 152 valence electrons. The van der Waals surface area contributed by atoms with Gasteiger partial charge in [-0.3, -0.25) is 9.48 Å². The Morgan fingerprint density at radius 2 is 2.10 bits per heavy atom. The van der Waals surface area contributed by atoms with Crippen LogP contribution in [0.25, 0.3) is 0 Å². The van der Waals surface area contributed by atoms with Gasteiger partial charge in [0.05, 0.1) is 19.0 Å². The first-order valence-electron chi connectivity index (χ1n) is 8.68. The van der Waals surface area contributed by atoms with Gasteiger partial charge in [-0.1, -0.05) is 0 Å². The van der Waals surface area contributed by atoms with Gasteiger partial charge in [-0.2, -0.15) is 10.4 Å². The Labute approximate surface area is 164 Å². The maximum absolute atomic E-state index is 15.1. The minimum absolute atomic E-state index is 0.00389. The lowest BCUT2D eigenvalue weighted by atomic mass is 9.83. The van der Waals surface area contributed by atoms with Gasteiger partial charge in [0.2, 0.25) is 0 Å². The Morgan fingerprint density at radius 1 is 1.41 bits per heavy atom. The van der Waals surface area contributed by atoms with Gasteiger partial charge < -0.3 is 21.1 Å². The Balaban J connectivity index is 1.99. The lowest BCUT2D eigenvalue weighted by Crippen LogP contribution is -2.56. The molecule has 2 amide bonds. The van der Waals surface area contributed by atoms with Crippen molar-refractivity contribution in [3.05, 3.63) is 41.8 Å². The molecular formula is C18H18F2N6O3. The number of nitriles is 1. The number of carbonyl (C=O) groups is 2. The van der Waals surface area contributed by atoms with Crippen LogP contribution in [0.5, 0.6) is 0 Å². The van der Waals surface area contributed by atoms with E-state index in [0.29, 0.717) is 5.69 Å². The van der Waals surface area contributed by atoms with Crippen LogP contribution >= 0.6 is 0 Å². The van der Waals surface area contributed by atoms with E-state index in [9.17, 15) is 19.2 Å². The largest absolute Gasteiger partial charge is 0.465 e. The second-order valence-corrected chi connectivity index (χ2v) is 6.72. The number of hydrogen-bond donors (Lipinski definition) is 3. The van der Waals surface area contributed by atoms with E-state index < -0.39 is 36.1 Å². The highest BCUT2D eigenvalue weighted by molar-refractivity contribution is 5.98. The van der Waals surface area contributed by atoms with Crippen LogP contribution in [0.1, 0.15) is 23.2 Å². The summed E-state index contributed by atoms with van der Waals surface area (Å²) in [6, 6.07) is 7.18. The zero-order valence-corrected chi connectivity index (χ0v) is 15.2. The van der Waals surface area contributed by atoms with Crippen molar-refractivity contribution in [3.63, 3.8) is 0 Å². The first-order valence-corrected chi connectivity index (χ1v) is 8.68. The van der Waals surface area contributed by atoms with Gasteiger partial charge in [-0.05, 0) is 30.7 Å². The molecule has 1 fully saturated rings. The van der Waals surface area contributed by atoms with Crippen molar-refractivity contribution < 1.29 is 23.5 Å². The molecule has 0 bridgehead atoms. The summed E-state index contributed by atoms with van der Waals surface area (Å²) in [5.41, 5.74) is 4.34. The molecule has 4 N–H and O–H groups in total. The van der Waals surface area contributed by atoms with Crippen LogP contribution in [0.2, 0.25) is 0 Å². The molecule has 0 radical (unpaired) electrons. The van der Waals surface area contributed by atoms with Crippen molar-refractivity contribution in [2.75, 3.05) is 18.4 Å². The number of benzene rings is 1. The van der Waals surface area contributed by atoms with Gasteiger partial charge >= 0.3 is 6.09 Å². The van der Waals surface area contributed by atoms with E-state index in [1.165, 1.54) is 35.1 Å². The topological polar surface area (TPSA) is 137 Å². The predicted octanol–water partition coefficient (Wildman–Crippen LogP) is 2.20. The minimum Gasteiger partial charge on any atom is -0.465 e. The average molecular weight is 404 g/mol. The first-order chi connectivity index (χ1) is 13.8. The van der Waals surface area contributed by atoms with Gasteiger partial charge in [0, 0.05) is 18.4 Å². The van der Waals surface area contributed by atoms with Crippen molar-refractivity contribution >= 4 is 23.5 Å². The number of alkyl halides is 1. The molecule has 2 heterocycles. The summed E-state index contributed by atoms with van der Waals surface area (Å²) in [5.74, 6) is -1.25. The molecule has 2 atom stereocenters. The van der Waals surface area contributed by atoms with E-state index in [1.54, 1.807) is 0 Å². The molecule has 0 saturated carbocycles. The third kappa shape index (κ3) is 3.82. The van der Waals surface area contributed by atoms with Gasteiger partial charge in [-0.25, -0.2) is 13.6 Å². The minimum atomic E-state index is -1.73. The van der Waals surface area contributed by atoms with E-state index in [1.807, 2.05) is 6.07 Å². The van der Waals surface area contributed by atoms with Crippen molar-refractivity contribution in [3.8, 4) is 6.07 Å². The zero-order valence-electron chi connectivity index (χ0n) is 15.2. The van der Waals surface area contributed by atoms with Gasteiger partial charge in [-0.15, -0.1) is 0 Å². The Kier molecular flexibility index (Phi) is 5.36. The van der Waals surface area contributed by atoms with Gasteiger partial charge in [0.15, 0.2) is 5.82 Å². The van der Waals surface area contributed by atoms with Crippen LogP contribution < -0.4 is 11.1 Å². The number of amides is 2. The lowest BCUT2D eigenvalue weighted by Gasteiger charge is -2.42. The van der Waals surface area contributed by atoms with Gasteiger partial charge in [0.25, 0.3) is 5.91 Å². The standard InChI is InChI=1S/C18H18F2N6O3/c19-11-1-3-12(4-2-11)23-16-13(15(22)27)9-26(24-16)18(5-7-21)6-8-25(17(28)29)10-14(18)20/h1-4,9,14H,5-6,8,10H2,(H2,22,27)(H,23,24)(H,28,29)/t14-,18+/m1/s1. The first kappa shape index (κ1) is 20.1. The van der Waals surface area contributed by atoms with E-state index in [2.05, 4.69) is 10.4 Å². The van der Waals surface area contributed by atoms with Crippen LogP contribution in [-0.2, 0) is 5.54 Å². The number of rotatable bonds is 5. The molecule has 0 unspecified atom stereocenters. The maximum Gasteiger partial charge on any atom is 0.407 e. The number of primary amides is 1. The summed E-state index contributed by atoms with van der Waals surface area (Å²) < 4.78 is 29.4. The lowest BCUT2D eigenvalue weighted by molar-refractivity contribution is 0.0143. The van der Waals surface area contributed by atoms with Crippen LogP contribution in [0.4, 0.5) is 25.1 Å². The maximum atomic E-state index is 15.1. The fourth-order valence-electron chi connectivity index (χ4n) is 3.33. The molecule has 1 aliphatic rings. The summed E-state index contributed by atoms with van der Waals surface area (Å²) >= 11 is 0. The molecule has 0 aliphatic carbocycles. The highest BCUT2D eigenvalue weighted by Crippen LogP contribution is 2.37. The number of nitrogens with zero attached hydrogens (tertiary/aromatic N) is 4. The van der Waals surface area contributed by atoms with Crippen LogP contribution in [0, 0.1) is 17.1 Å². The van der Waals surface area contributed by atoms with Crippen molar-refractivity contribution in [1.82, 2.24) is 14.7 Å². The number of halogens is 2.